The number of hydrogen-bond donors (Lipinski definition) is 2. The summed E-state index contributed by atoms with van der Waals surface area (Å²) >= 11 is 0. The molecular formula is C11H17NO3S. The zero-order chi connectivity index (χ0) is 12.6. The van der Waals surface area contributed by atoms with Gasteiger partial charge in [0.05, 0.1) is 4.90 Å². The van der Waals surface area contributed by atoms with Crippen LogP contribution < -0.4 is 5.73 Å². The van der Waals surface area contributed by atoms with E-state index in [-0.39, 0.29) is 10.6 Å². The van der Waals surface area contributed by atoms with Crippen LogP contribution in [0.15, 0.2) is 23.1 Å². The Balaban J connectivity index is 3.11. The zero-order valence-corrected chi connectivity index (χ0v) is 10.5. The van der Waals surface area contributed by atoms with E-state index in [1.165, 1.54) is 12.1 Å². The number of aromatic hydroxyl groups is 1. The molecule has 1 aromatic rings. The van der Waals surface area contributed by atoms with Crippen LogP contribution in [-0.2, 0) is 16.3 Å². The Kier molecular flexibility index (Phi) is 3.30. The minimum Gasteiger partial charge on any atom is -0.508 e. The molecule has 4 nitrogen and oxygen atoms in total. The van der Waals surface area contributed by atoms with Gasteiger partial charge in [-0.25, -0.2) is 8.42 Å². The van der Waals surface area contributed by atoms with E-state index in [0.29, 0.717) is 12.0 Å². The number of hydrogen-bond acceptors (Lipinski definition) is 4. The largest absolute Gasteiger partial charge is 0.508 e. The Morgan fingerprint density at radius 3 is 2.31 bits per heavy atom. The van der Waals surface area contributed by atoms with E-state index < -0.39 is 15.4 Å². The molecule has 0 aliphatic carbocycles. The summed E-state index contributed by atoms with van der Waals surface area (Å²) in [5.74, 6) is -0.0264. The molecule has 0 amide bonds. The van der Waals surface area contributed by atoms with Gasteiger partial charge in [-0.2, -0.15) is 0 Å². The summed E-state index contributed by atoms with van der Waals surface area (Å²) < 4.78 is 22.5. The molecule has 0 saturated heterocycles. The summed E-state index contributed by atoms with van der Waals surface area (Å²) in [7, 11) is -3.28. The molecule has 90 valence electrons. The van der Waals surface area contributed by atoms with Gasteiger partial charge in [0.1, 0.15) is 5.75 Å². The maximum absolute atomic E-state index is 11.2. The molecule has 0 aliphatic rings. The third-order valence-corrected chi connectivity index (χ3v) is 3.24. The first-order chi connectivity index (χ1) is 7.09. The molecule has 0 aliphatic heterocycles. The summed E-state index contributed by atoms with van der Waals surface area (Å²) in [4.78, 5) is 0.114. The minimum atomic E-state index is -3.28. The number of rotatable bonds is 3. The van der Waals surface area contributed by atoms with Gasteiger partial charge in [-0.1, -0.05) is 6.07 Å². The van der Waals surface area contributed by atoms with Crippen molar-refractivity contribution in [2.24, 2.45) is 5.73 Å². The van der Waals surface area contributed by atoms with E-state index in [1.54, 1.807) is 6.07 Å². The van der Waals surface area contributed by atoms with Crippen molar-refractivity contribution in [3.05, 3.63) is 23.8 Å². The van der Waals surface area contributed by atoms with Crippen LogP contribution in [0.3, 0.4) is 0 Å². The van der Waals surface area contributed by atoms with E-state index in [1.807, 2.05) is 13.8 Å². The van der Waals surface area contributed by atoms with Crippen molar-refractivity contribution in [3.63, 3.8) is 0 Å². The normalized spacial score (nSPS) is 12.8. The smallest absolute Gasteiger partial charge is 0.175 e. The lowest BCUT2D eigenvalue weighted by Gasteiger charge is -2.19. The van der Waals surface area contributed by atoms with Gasteiger partial charge in [-0.3, -0.25) is 0 Å². The van der Waals surface area contributed by atoms with Gasteiger partial charge in [0, 0.05) is 11.8 Å². The fourth-order valence-corrected chi connectivity index (χ4v) is 2.06. The van der Waals surface area contributed by atoms with Gasteiger partial charge in [0.25, 0.3) is 0 Å². The van der Waals surface area contributed by atoms with Crippen molar-refractivity contribution in [1.29, 1.82) is 0 Å². The molecule has 0 aromatic heterocycles. The fraction of sp³-hybridized carbons (Fsp3) is 0.455. The first kappa shape index (κ1) is 13.0. The zero-order valence-electron chi connectivity index (χ0n) is 9.69. The van der Waals surface area contributed by atoms with Gasteiger partial charge in [-0.15, -0.1) is 0 Å². The second kappa shape index (κ2) is 4.07. The predicted molar refractivity (Wildman–Crippen MR) is 63.2 cm³/mol. The van der Waals surface area contributed by atoms with Gasteiger partial charge in [0.2, 0.25) is 0 Å². The van der Waals surface area contributed by atoms with Crippen LogP contribution in [0, 0.1) is 0 Å². The monoisotopic (exact) mass is 243 g/mol. The lowest BCUT2D eigenvalue weighted by atomic mass is 9.96. The van der Waals surface area contributed by atoms with Crippen LogP contribution >= 0.6 is 0 Å². The van der Waals surface area contributed by atoms with Crippen LogP contribution in [0.5, 0.6) is 5.75 Å². The molecule has 0 fully saturated rings. The molecule has 1 aromatic carbocycles. The lowest BCUT2D eigenvalue weighted by molar-refractivity contribution is 0.448. The molecular weight excluding hydrogens is 226 g/mol. The van der Waals surface area contributed by atoms with E-state index in [0.717, 1.165) is 6.26 Å². The average Bonchev–Trinajstić information content (AvgIpc) is 2.04. The van der Waals surface area contributed by atoms with Gasteiger partial charge in [-0.05, 0) is 38.0 Å². The van der Waals surface area contributed by atoms with Crippen molar-refractivity contribution in [2.75, 3.05) is 6.26 Å². The molecule has 3 N–H and O–H groups in total. The van der Waals surface area contributed by atoms with Crippen LogP contribution in [0.1, 0.15) is 19.4 Å². The molecule has 0 radical (unpaired) electrons. The van der Waals surface area contributed by atoms with E-state index >= 15 is 0 Å². The maximum atomic E-state index is 11.2. The third-order valence-electron chi connectivity index (χ3n) is 2.13. The standard InChI is InChI=1S/C11H17NO3S/c1-11(2,12)7-8-4-5-9(6-10(8)13)16(3,14)15/h4-6,13H,7,12H2,1-3H3. The van der Waals surface area contributed by atoms with Gasteiger partial charge < -0.3 is 10.8 Å². The van der Waals surface area contributed by atoms with Crippen LogP contribution in [-0.4, -0.2) is 25.3 Å². The molecule has 0 saturated carbocycles. The predicted octanol–water partition coefficient (Wildman–Crippen LogP) is 1.08. The summed E-state index contributed by atoms with van der Waals surface area (Å²) in [6.07, 6.45) is 1.59. The molecule has 0 heterocycles. The third kappa shape index (κ3) is 3.50. The van der Waals surface area contributed by atoms with E-state index in [4.69, 9.17) is 5.73 Å². The Bertz CT molecular complexity index is 486. The number of nitrogens with two attached hydrogens (primary N) is 1. The highest BCUT2D eigenvalue weighted by Gasteiger charge is 2.16. The molecule has 5 heteroatoms. The van der Waals surface area contributed by atoms with E-state index in [9.17, 15) is 13.5 Å². The maximum Gasteiger partial charge on any atom is 0.175 e. The highest BCUT2D eigenvalue weighted by molar-refractivity contribution is 7.90. The number of benzene rings is 1. The van der Waals surface area contributed by atoms with Crippen LogP contribution in [0.4, 0.5) is 0 Å². The highest BCUT2D eigenvalue weighted by atomic mass is 32.2. The van der Waals surface area contributed by atoms with Crippen molar-refractivity contribution in [1.82, 2.24) is 0 Å². The Hall–Kier alpha value is -1.07. The molecule has 1 rings (SSSR count). The minimum absolute atomic E-state index is 0.0264. The summed E-state index contributed by atoms with van der Waals surface area (Å²) in [5, 5.41) is 9.70. The lowest BCUT2D eigenvalue weighted by Crippen LogP contribution is -2.34. The Labute approximate surface area is 96.0 Å². The highest BCUT2D eigenvalue weighted by Crippen LogP contribution is 2.24. The molecule has 0 atom stereocenters. The SMILES string of the molecule is CC(C)(N)Cc1ccc(S(C)(=O)=O)cc1O. The summed E-state index contributed by atoms with van der Waals surface area (Å²) in [5.41, 5.74) is 6.04. The van der Waals surface area contributed by atoms with E-state index in [2.05, 4.69) is 0 Å². The van der Waals surface area contributed by atoms with Crippen molar-refractivity contribution in [2.45, 2.75) is 30.7 Å². The topological polar surface area (TPSA) is 80.4 Å². The second-order valence-corrected chi connectivity index (χ2v) is 6.74. The van der Waals surface area contributed by atoms with Crippen LogP contribution in [0.2, 0.25) is 0 Å². The first-order valence-corrected chi connectivity index (χ1v) is 6.79. The van der Waals surface area contributed by atoms with Crippen LogP contribution in [0.25, 0.3) is 0 Å². The van der Waals surface area contributed by atoms with Crippen molar-refractivity contribution >= 4 is 9.84 Å². The number of phenolic OH excluding ortho intramolecular Hbond substituents is 1. The molecule has 16 heavy (non-hydrogen) atoms. The fourth-order valence-electron chi connectivity index (χ4n) is 1.41. The van der Waals surface area contributed by atoms with Crippen molar-refractivity contribution < 1.29 is 13.5 Å². The average molecular weight is 243 g/mol. The van der Waals surface area contributed by atoms with Crippen molar-refractivity contribution in [3.8, 4) is 5.75 Å². The molecule has 0 unspecified atom stereocenters. The molecule has 0 bridgehead atoms. The first-order valence-electron chi connectivity index (χ1n) is 4.90. The Morgan fingerprint density at radius 1 is 1.38 bits per heavy atom. The molecule has 0 spiro atoms. The number of sulfone groups is 1. The van der Waals surface area contributed by atoms with Gasteiger partial charge >= 0.3 is 0 Å². The quantitative estimate of drug-likeness (QED) is 0.832. The second-order valence-electron chi connectivity index (χ2n) is 4.73. The summed E-state index contributed by atoms with van der Waals surface area (Å²) in [6.45, 7) is 3.69. The van der Waals surface area contributed by atoms with Gasteiger partial charge in [0.15, 0.2) is 9.84 Å². The Morgan fingerprint density at radius 2 is 1.94 bits per heavy atom. The summed E-state index contributed by atoms with van der Waals surface area (Å²) in [6, 6.07) is 4.34. The number of phenols is 1.